The topological polar surface area (TPSA) is 61.4 Å². The fraction of sp³-hybridized carbons (Fsp3) is 0.400. The number of aromatic nitrogens is 3. The number of methoxy groups -OCH3 is 1. The van der Waals surface area contributed by atoms with Gasteiger partial charge in [0.25, 0.3) is 0 Å². The van der Waals surface area contributed by atoms with Gasteiger partial charge in [0.15, 0.2) is 0 Å². The van der Waals surface area contributed by atoms with Gasteiger partial charge in [-0.15, -0.1) is 0 Å². The van der Waals surface area contributed by atoms with Gasteiger partial charge in [-0.25, -0.2) is 4.98 Å². The highest BCUT2D eigenvalue weighted by Crippen LogP contribution is 2.34. The van der Waals surface area contributed by atoms with Crippen LogP contribution in [0.15, 0.2) is 42.9 Å². The summed E-state index contributed by atoms with van der Waals surface area (Å²) in [6.45, 7) is 3.91. The first kappa shape index (κ1) is 20.2. The number of aliphatic hydroxyl groups excluding tert-OH is 1. The first-order chi connectivity index (χ1) is 15.0. The Balaban J connectivity index is 1.51. The fourth-order valence-electron chi connectivity index (χ4n) is 4.81. The Kier molecular flexibility index (Phi) is 5.30. The van der Waals surface area contributed by atoms with Crippen LogP contribution in [0.2, 0.25) is 0 Å². The second kappa shape index (κ2) is 8.11. The molecule has 4 aromatic rings. The maximum absolute atomic E-state index is 10.4. The fourth-order valence-corrected chi connectivity index (χ4v) is 4.81. The molecule has 0 saturated carbocycles. The van der Waals surface area contributed by atoms with Crippen LogP contribution in [0.4, 0.5) is 0 Å². The van der Waals surface area contributed by atoms with E-state index in [4.69, 9.17) is 9.47 Å². The monoisotopic (exact) mass is 419 g/mol. The lowest BCUT2D eigenvalue weighted by atomic mass is 9.95. The second-order valence-electron chi connectivity index (χ2n) is 8.57. The molecular formula is C25H29N3O3. The summed E-state index contributed by atoms with van der Waals surface area (Å²) in [5, 5.41) is 11.6. The molecule has 1 fully saturated rings. The molecule has 6 nitrogen and oxygen atoms in total. The van der Waals surface area contributed by atoms with Crippen molar-refractivity contribution >= 4 is 21.9 Å². The lowest BCUT2D eigenvalue weighted by Crippen LogP contribution is -2.07. The zero-order valence-electron chi connectivity index (χ0n) is 18.3. The molecular weight excluding hydrogens is 390 g/mol. The molecule has 5 rings (SSSR count). The Morgan fingerprint density at radius 3 is 2.87 bits per heavy atom. The number of nitrogens with zero attached hydrogens (tertiary/aromatic N) is 3. The Morgan fingerprint density at radius 1 is 1.26 bits per heavy atom. The van der Waals surface area contributed by atoms with Crippen molar-refractivity contribution in [3.05, 3.63) is 65.1 Å². The Bertz CT molecular complexity index is 1230. The minimum atomic E-state index is -0.527. The summed E-state index contributed by atoms with van der Waals surface area (Å²) in [5.41, 5.74) is 7.62. The van der Waals surface area contributed by atoms with Gasteiger partial charge in [0.1, 0.15) is 0 Å². The number of aliphatic hydroxyl groups is 1. The molecule has 1 N–H and O–H groups in total. The molecule has 0 bridgehead atoms. The van der Waals surface area contributed by atoms with Gasteiger partial charge >= 0.3 is 0 Å². The van der Waals surface area contributed by atoms with Gasteiger partial charge in [-0.3, -0.25) is 0 Å². The van der Waals surface area contributed by atoms with Crippen molar-refractivity contribution in [2.24, 2.45) is 7.05 Å². The molecule has 2 unspecified atom stereocenters. The summed E-state index contributed by atoms with van der Waals surface area (Å²) in [4.78, 5) is 4.66. The molecule has 0 radical (unpaired) electrons. The van der Waals surface area contributed by atoms with Crippen LogP contribution in [-0.4, -0.2) is 32.9 Å². The summed E-state index contributed by atoms with van der Waals surface area (Å²) < 4.78 is 15.5. The molecule has 31 heavy (non-hydrogen) atoms. The largest absolute Gasteiger partial charge is 0.389 e. The normalized spacial score (nSPS) is 17.7. The standard InChI is InChI=1S/C25H29N3O3/c1-16(29)20-9-17(6-7-19(20)25-5-4-8-31-25)12-28-15-26-22-10-21-18(14-30-3)13-27(2)23(21)11-24(22)28/h6-7,9-11,13,15-16,25,29H,4-5,8,12,14H2,1-3H3. The first-order valence-electron chi connectivity index (χ1n) is 10.9. The summed E-state index contributed by atoms with van der Waals surface area (Å²) in [7, 11) is 3.78. The van der Waals surface area contributed by atoms with Crippen molar-refractivity contribution in [2.45, 2.75) is 45.1 Å². The zero-order valence-corrected chi connectivity index (χ0v) is 18.3. The molecule has 1 saturated heterocycles. The van der Waals surface area contributed by atoms with Crippen LogP contribution in [0.3, 0.4) is 0 Å². The van der Waals surface area contributed by atoms with E-state index in [1.165, 1.54) is 16.5 Å². The van der Waals surface area contributed by atoms with Crippen LogP contribution in [0.5, 0.6) is 0 Å². The molecule has 2 atom stereocenters. The van der Waals surface area contributed by atoms with E-state index in [2.05, 4.69) is 57.7 Å². The third kappa shape index (κ3) is 3.65. The SMILES string of the molecule is COCc1cn(C)c2cc3c(cc12)ncn3Cc1ccc(C2CCCO2)c(C(C)O)c1. The van der Waals surface area contributed by atoms with Crippen LogP contribution in [0, 0.1) is 0 Å². The van der Waals surface area contributed by atoms with Gasteiger partial charge in [0.05, 0.1) is 41.7 Å². The summed E-state index contributed by atoms with van der Waals surface area (Å²) >= 11 is 0. The predicted molar refractivity (Wildman–Crippen MR) is 121 cm³/mol. The highest BCUT2D eigenvalue weighted by molar-refractivity contribution is 5.96. The van der Waals surface area contributed by atoms with Crippen molar-refractivity contribution in [1.82, 2.24) is 14.1 Å². The zero-order chi connectivity index (χ0) is 21.5. The van der Waals surface area contributed by atoms with Crippen molar-refractivity contribution in [2.75, 3.05) is 13.7 Å². The van der Waals surface area contributed by atoms with Crippen molar-refractivity contribution in [3.8, 4) is 0 Å². The average molecular weight is 420 g/mol. The summed E-state index contributed by atoms with van der Waals surface area (Å²) in [6.07, 6.45) is 5.68. The van der Waals surface area contributed by atoms with Crippen LogP contribution in [0.25, 0.3) is 21.9 Å². The second-order valence-corrected chi connectivity index (χ2v) is 8.57. The molecule has 1 aliphatic heterocycles. The molecule has 162 valence electrons. The van der Waals surface area contributed by atoms with E-state index in [1.54, 1.807) is 7.11 Å². The van der Waals surface area contributed by atoms with Gasteiger partial charge in [0, 0.05) is 44.5 Å². The Morgan fingerprint density at radius 2 is 2.13 bits per heavy atom. The van der Waals surface area contributed by atoms with E-state index in [0.717, 1.165) is 47.2 Å². The summed E-state index contributed by atoms with van der Waals surface area (Å²) in [5.74, 6) is 0. The highest BCUT2D eigenvalue weighted by atomic mass is 16.5. The molecule has 0 spiro atoms. The number of benzene rings is 2. The highest BCUT2D eigenvalue weighted by Gasteiger charge is 2.22. The third-order valence-electron chi connectivity index (χ3n) is 6.34. The smallest absolute Gasteiger partial charge is 0.0961 e. The number of hydrogen-bond acceptors (Lipinski definition) is 4. The minimum absolute atomic E-state index is 0.0969. The minimum Gasteiger partial charge on any atom is -0.389 e. The van der Waals surface area contributed by atoms with Crippen LogP contribution < -0.4 is 0 Å². The lowest BCUT2D eigenvalue weighted by Gasteiger charge is -2.19. The van der Waals surface area contributed by atoms with Gasteiger partial charge < -0.3 is 23.7 Å². The van der Waals surface area contributed by atoms with E-state index in [-0.39, 0.29) is 6.10 Å². The number of ether oxygens (including phenoxy) is 2. The van der Waals surface area contributed by atoms with Gasteiger partial charge in [-0.05, 0) is 48.6 Å². The van der Waals surface area contributed by atoms with Crippen LogP contribution in [-0.2, 0) is 29.7 Å². The molecule has 1 aliphatic rings. The van der Waals surface area contributed by atoms with Crippen molar-refractivity contribution < 1.29 is 14.6 Å². The van der Waals surface area contributed by atoms with Gasteiger partial charge in [0.2, 0.25) is 0 Å². The molecule has 2 aromatic carbocycles. The number of fused-ring (bicyclic) bond motifs is 2. The van der Waals surface area contributed by atoms with Crippen molar-refractivity contribution in [3.63, 3.8) is 0 Å². The Labute approximate surface area is 182 Å². The van der Waals surface area contributed by atoms with Gasteiger partial charge in [-0.2, -0.15) is 0 Å². The van der Waals surface area contributed by atoms with E-state index >= 15 is 0 Å². The summed E-state index contributed by atoms with van der Waals surface area (Å²) in [6, 6.07) is 10.7. The third-order valence-corrected chi connectivity index (χ3v) is 6.34. The van der Waals surface area contributed by atoms with Gasteiger partial charge in [-0.1, -0.05) is 18.2 Å². The number of imidazole rings is 1. The quantitative estimate of drug-likeness (QED) is 0.495. The van der Waals surface area contributed by atoms with Crippen LogP contribution >= 0.6 is 0 Å². The van der Waals surface area contributed by atoms with Crippen molar-refractivity contribution in [1.29, 1.82) is 0 Å². The van der Waals surface area contributed by atoms with E-state index in [1.807, 2.05) is 13.3 Å². The number of rotatable bonds is 6. The molecule has 6 heteroatoms. The maximum atomic E-state index is 10.4. The maximum Gasteiger partial charge on any atom is 0.0961 e. The molecule has 0 aliphatic carbocycles. The predicted octanol–water partition coefficient (Wildman–Crippen LogP) is 4.63. The van der Waals surface area contributed by atoms with E-state index < -0.39 is 6.10 Å². The van der Waals surface area contributed by atoms with E-state index in [9.17, 15) is 5.11 Å². The number of hydrogen-bond donors (Lipinski definition) is 1. The molecule has 3 heterocycles. The molecule has 2 aromatic heterocycles. The van der Waals surface area contributed by atoms with E-state index in [0.29, 0.717) is 13.2 Å². The molecule has 0 amide bonds. The Hall–Kier alpha value is -2.67. The number of aryl methyl sites for hydroxylation is 1. The van der Waals surface area contributed by atoms with Crippen LogP contribution in [0.1, 0.15) is 54.2 Å². The lowest BCUT2D eigenvalue weighted by molar-refractivity contribution is 0.107. The average Bonchev–Trinajstić information content (AvgIpc) is 3.48. The first-order valence-corrected chi connectivity index (χ1v) is 10.9.